The number of amides is 2. The molecule has 2 N–H and O–H groups in total. The van der Waals surface area contributed by atoms with Gasteiger partial charge in [-0.25, -0.2) is 9.59 Å². The van der Waals surface area contributed by atoms with Crippen LogP contribution in [0.2, 0.25) is 10.0 Å². The first-order chi connectivity index (χ1) is 12.9. The van der Waals surface area contributed by atoms with Gasteiger partial charge in [-0.15, -0.1) is 0 Å². The van der Waals surface area contributed by atoms with Crippen LogP contribution in [0.4, 0.5) is 4.79 Å². The van der Waals surface area contributed by atoms with Gasteiger partial charge in [0.1, 0.15) is 0 Å². The van der Waals surface area contributed by atoms with E-state index in [1.165, 1.54) is 0 Å². The summed E-state index contributed by atoms with van der Waals surface area (Å²) in [4.78, 5) is 25.2. The molecule has 5 nitrogen and oxygen atoms in total. The Labute approximate surface area is 167 Å². The summed E-state index contributed by atoms with van der Waals surface area (Å²) in [5, 5.41) is 6.29. The summed E-state index contributed by atoms with van der Waals surface area (Å²) >= 11 is 12.3. The molecule has 0 fully saturated rings. The fraction of sp³-hybridized carbons (Fsp3) is 0.200. The second-order valence-corrected chi connectivity index (χ2v) is 7.15. The topological polar surface area (TPSA) is 67.4 Å². The lowest BCUT2D eigenvalue weighted by Gasteiger charge is -2.30. The highest BCUT2D eigenvalue weighted by atomic mass is 35.5. The monoisotopic (exact) mass is 404 g/mol. The fourth-order valence-electron chi connectivity index (χ4n) is 2.86. The molecule has 2 aromatic rings. The number of hydrogen-bond acceptors (Lipinski definition) is 3. The Morgan fingerprint density at radius 3 is 2.44 bits per heavy atom. The first-order valence-corrected chi connectivity index (χ1v) is 9.15. The molecule has 27 heavy (non-hydrogen) atoms. The van der Waals surface area contributed by atoms with Crippen LogP contribution in [0.1, 0.15) is 31.0 Å². The van der Waals surface area contributed by atoms with Crippen molar-refractivity contribution in [2.45, 2.75) is 26.0 Å². The summed E-state index contributed by atoms with van der Waals surface area (Å²) in [6.45, 7) is 3.53. The van der Waals surface area contributed by atoms with Crippen molar-refractivity contribution in [1.29, 1.82) is 0 Å². The molecule has 0 aliphatic carbocycles. The average Bonchev–Trinajstić information content (AvgIpc) is 2.61. The fourth-order valence-corrected chi connectivity index (χ4v) is 3.38. The number of carbonyl (C=O) groups excluding carboxylic acids is 2. The van der Waals surface area contributed by atoms with Crippen molar-refractivity contribution in [3.8, 4) is 0 Å². The van der Waals surface area contributed by atoms with Gasteiger partial charge in [-0.2, -0.15) is 0 Å². The summed E-state index contributed by atoms with van der Waals surface area (Å²) < 4.78 is 5.43. The van der Waals surface area contributed by atoms with Crippen molar-refractivity contribution in [3.05, 3.63) is 75.3 Å². The second-order valence-electron chi connectivity index (χ2n) is 6.31. The van der Waals surface area contributed by atoms with Gasteiger partial charge in [0, 0.05) is 10.0 Å². The zero-order valence-electron chi connectivity index (χ0n) is 14.8. The molecule has 3 rings (SSSR count). The quantitative estimate of drug-likeness (QED) is 0.724. The van der Waals surface area contributed by atoms with Crippen molar-refractivity contribution < 1.29 is 14.3 Å². The number of rotatable bonds is 4. The number of carbonyl (C=O) groups is 2. The molecule has 0 saturated carbocycles. The van der Waals surface area contributed by atoms with Crippen molar-refractivity contribution in [1.82, 2.24) is 10.6 Å². The van der Waals surface area contributed by atoms with E-state index in [0.29, 0.717) is 26.9 Å². The zero-order valence-corrected chi connectivity index (χ0v) is 16.3. The summed E-state index contributed by atoms with van der Waals surface area (Å²) in [5.74, 6) is -0.535. The Morgan fingerprint density at radius 1 is 1.11 bits per heavy atom. The van der Waals surface area contributed by atoms with Crippen molar-refractivity contribution in [3.63, 3.8) is 0 Å². The Hall–Kier alpha value is -2.50. The largest absolute Gasteiger partial charge is 0.459 e. The molecule has 0 radical (unpaired) electrons. The third kappa shape index (κ3) is 4.26. The molecular weight excluding hydrogens is 387 g/mol. The third-order valence-electron chi connectivity index (χ3n) is 3.97. The molecule has 1 unspecified atom stereocenters. The Bertz CT molecular complexity index is 911. The summed E-state index contributed by atoms with van der Waals surface area (Å²) in [6.07, 6.45) is -0.319. The maximum Gasteiger partial charge on any atom is 0.338 e. The molecule has 2 aromatic carbocycles. The molecule has 0 bridgehead atoms. The standard InChI is InChI=1S/C20H18Cl2N2O3/c1-11(2)27-19(25)16-17(12-6-4-3-5-7-12)23-20(26)24-18(16)14-9-8-13(21)10-15(14)22/h3-11,18H,1-2H3,(H2,23,24,26). The minimum absolute atomic E-state index is 0.277. The molecule has 1 aliphatic heterocycles. The van der Waals surface area contributed by atoms with Crippen LogP contribution in [0.5, 0.6) is 0 Å². The van der Waals surface area contributed by atoms with E-state index in [4.69, 9.17) is 27.9 Å². The van der Waals surface area contributed by atoms with Crippen LogP contribution in [0, 0.1) is 0 Å². The summed E-state index contributed by atoms with van der Waals surface area (Å²) in [5.41, 5.74) is 1.91. The number of halogens is 2. The Balaban J connectivity index is 2.20. The highest BCUT2D eigenvalue weighted by Gasteiger charge is 2.35. The smallest absolute Gasteiger partial charge is 0.338 e. The van der Waals surface area contributed by atoms with Crippen LogP contribution in [-0.2, 0) is 9.53 Å². The maximum absolute atomic E-state index is 12.9. The normalized spacial score (nSPS) is 16.8. The molecule has 2 amide bonds. The molecule has 0 saturated heterocycles. The number of urea groups is 1. The molecule has 1 aliphatic rings. The molecule has 0 spiro atoms. The van der Waals surface area contributed by atoms with E-state index in [-0.39, 0.29) is 11.7 Å². The predicted molar refractivity (Wildman–Crippen MR) is 105 cm³/mol. The van der Waals surface area contributed by atoms with E-state index < -0.39 is 18.0 Å². The minimum atomic E-state index is -0.773. The third-order valence-corrected chi connectivity index (χ3v) is 4.53. The lowest BCUT2D eigenvalue weighted by Crippen LogP contribution is -2.45. The van der Waals surface area contributed by atoms with Crippen molar-refractivity contribution >= 4 is 40.9 Å². The van der Waals surface area contributed by atoms with Gasteiger partial charge in [0.05, 0.1) is 23.4 Å². The zero-order chi connectivity index (χ0) is 19.6. The average molecular weight is 405 g/mol. The highest BCUT2D eigenvalue weighted by Crippen LogP contribution is 2.36. The lowest BCUT2D eigenvalue weighted by atomic mass is 9.92. The van der Waals surface area contributed by atoms with E-state index in [2.05, 4.69) is 10.6 Å². The molecule has 1 atom stereocenters. The van der Waals surface area contributed by atoms with Gasteiger partial charge in [-0.1, -0.05) is 59.6 Å². The van der Waals surface area contributed by atoms with Crippen LogP contribution in [0.3, 0.4) is 0 Å². The minimum Gasteiger partial charge on any atom is -0.459 e. The molecule has 1 heterocycles. The molecule has 140 valence electrons. The van der Waals surface area contributed by atoms with Crippen molar-refractivity contribution in [2.24, 2.45) is 0 Å². The SMILES string of the molecule is CC(C)OC(=O)C1=C(c2ccccc2)NC(=O)NC1c1ccc(Cl)cc1Cl. The Morgan fingerprint density at radius 2 is 1.81 bits per heavy atom. The van der Waals surface area contributed by atoms with Crippen LogP contribution in [0.15, 0.2) is 54.1 Å². The number of hydrogen-bond donors (Lipinski definition) is 2. The first-order valence-electron chi connectivity index (χ1n) is 8.40. The molecular formula is C20H18Cl2N2O3. The molecule has 7 heteroatoms. The highest BCUT2D eigenvalue weighted by molar-refractivity contribution is 6.35. The van der Waals surface area contributed by atoms with Gasteiger partial charge >= 0.3 is 12.0 Å². The van der Waals surface area contributed by atoms with Crippen LogP contribution < -0.4 is 10.6 Å². The van der Waals surface area contributed by atoms with E-state index in [9.17, 15) is 9.59 Å². The second kappa shape index (κ2) is 8.03. The van der Waals surface area contributed by atoms with Gasteiger partial charge in [0.25, 0.3) is 0 Å². The van der Waals surface area contributed by atoms with Gasteiger partial charge in [0.15, 0.2) is 0 Å². The maximum atomic E-state index is 12.9. The summed E-state index contributed by atoms with van der Waals surface area (Å²) in [7, 11) is 0. The van der Waals surface area contributed by atoms with Gasteiger partial charge in [-0.3, -0.25) is 0 Å². The summed E-state index contributed by atoms with van der Waals surface area (Å²) in [6, 6.07) is 12.8. The van der Waals surface area contributed by atoms with Crippen LogP contribution in [-0.4, -0.2) is 18.1 Å². The van der Waals surface area contributed by atoms with Gasteiger partial charge < -0.3 is 15.4 Å². The van der Waals surface area contributed by atoms with E-state index >= 15 is 0 Å². The first kappa shape index (κ1) is 19.3. The van der Waals surface area contributed by atoms with E-state index in [1.54, 1.807) is 32.0 Å². The van der Waals surface area contributed by atoms with Gasteiger partial charge in [-0.05, 0) is 37.1 Å². The Kier molecular flexibility index (Phi) is 5.73. The number of ether oxygens (including phenoxy) is 1. The van der Waals surface area contributed by atoms with Crippen LogP contribution in [0.25, 0.3) is 5.70 Å². The number of nitrogens with one attached hydrogen (secondary N) is 2. The van der Waals surface area contributed by atoms with E-state index in [1.807, 2.05) is 30.3 Å². The number of benzene rings is 2. The lowest BCUT2D eigenvalue weighted by molar-refractivity contribution is -0.143. The van der Waals surface area contributed by atoms with Crippen LogP contribution >= 0.6 is 23.2 Å². The van der Waals surface area contributed by atoms with Crippen molar-refractivity contribution in [2.75, 3.05) is 0 Å². The van der Waals surface area contributed by atoms with E-state index in [0.717, 1.165) is 0 Å². The van der Waals surface area contributed by atoms with Gasteiger partial charge in [0.2, 0.25) is 0 Å². The molecule has 0 aromatic heterocycles. The predicted octanol–water partition coefficient (Wildman–Crippen LogP) is 4.71. The number of esters is 1.